The zero-order chi connectivity index (χ0) is 15.0. The molecule has 0 fully saturated rings. The maximum atomic E-state index is 13.6. The Hall–Kier alpha value is -1.66. The monoisotopic (exact) mass is 285 g/mol. The number of rotatable bonds is 8. The molecule has 1 rings (SSSR count). The van der Waals surface area contributed by atoms with E-state index >= 15 is 0 Å². The van der Waals surface area contributed by atoms with Crippen molar-refractivity contribution in [1.82, 2.24) is 5.32 Å². The van der Waals surface area contributed by atoms with Crippen LogP contribution in [0.4, 0.5) is 4.39 Å². The van der Waals surface area contributed by atoms with Crippen molar-refractivity contribution in [1.29, 1.82) is 0 Å². The molecule has 0 aliphatic rings. The molecule has 0 saturated heterocycles. The van der Waals surface area contributed by atoms with E-state index in [1.807, 2.05) is 0 Å². The van der Waals surface area contributed by atoms with E-state index in [4.69, 9.17) is 9.47 Å². The SMILES string of the molecule is COCCCNC(=O)COc1ccc([C@@H](C)O)c(F)c1. The van der Waals surface area contributed by atoms with Crippen molar-refractivity contribution in [2.75, 3.05) is 26.9 Å². The van der Waals surface area contributed by atoms with Crippen LogP contribution in [-0.2, 0) is 9.53 Å². The minimum absolute atomic E-state index is 0.180. The Kier molecular flexibility index (Phi) is 6.97. The second-order valence-corrected chi connectivity index (χ2v) is 4.34. The van der Waals surface area contributed by atoms with Crippen LogP contribution in [0.25, 0.3) is 0 Å². The van der Waals surface area contributed by atoms with E-state index in [1.54, 1.807) is 7.11 Å². The summed E-state index contributed by atoms with van der Waals surface area (Å²) in [4.78, 5) is 11.4. The molecule has 0 aliphatic heterocycles. The normalized spacial score (nSPS) is 12.0. The first-order chi connectivity index (χ1) is 9.54. The van der Waals surface area contributed by atoms with Gasteiger partial charge in [-0.3, -0.25) is 4.79 Å². The number of benzene rings is 1. The molecular weight excluding hydrogens is 265 g/mol. The molecule has 0 aliphatic carbocycles. The van der Waals surface area contributed by atoms with Gasteiger partial charge in [0.1, 0.15) is 11.6 Å². The summed E-state index contributed by atoms with van der Waals surface area (Å²) in [5, 5.41) is 12.0. The first-order valence-electron chi connectivity index (χ1n) is 6.40. The van der Waals surface area contributed by atoms with Crippen LogP contribution in [-0.4, -0.2) is 37.9 Å². The molecule has 0 aromatic heterocycles. The van der Waals surface area contributed by atoms with E-state index in [9.17, 15) is 14.3 Å². The summed E-state index contributed by atoms with van der Waals surface area (Å²) in [7, 11) is 1.59. The quantitative estimate of drug-likeness (QED) is 0.709. The fraction of sp³-hybridized carbons (Fsp3) is 0.500. The van der Waals surface area contributed by atoms with Crippen LogP contribution in [0.5, 0.6) is 5.75 Å². The predicted octanol–water partition coefficient (Wildman–Crippen LogP) is 1.41. The van der Waals surface area contributed by atoms with Gasteiger partial charge in [-0.15, -0.1) is 0 Å². The Labute approximate surface area is 117 Å². The number of carbonyl (C=O) groups excluding carboxylic acids is 1. The lowest BCUT2D eigenvalue weighted by atomic mass is 10.1. The zero-order valence-corrected chi connectivity index (χ0v) is 11.7. The van der Waals surface area contributed by atoms with Crippen molar-refractivity contribution >= 4 is 5.91 Å². The van der Waals surface area contributed by atoms with E-state index < -0.39 is 11.9 Å². The predicted molar refractivity (Wildman–Crippen MR) is 72.0 cm³/mol. The Balaban J connectivity index is 2.38. The standard InChI is InChI=1S/C14H20FNO4/c1-10(17)12-5-4-11(8-13(12)15)20-9-14(18)16-6-3-7-19-2/h4-5,8,10,17H,3,6-7,9H2,1-2H3,(H,16,18)/t10-/m1/s1. The molecule has 0 unspecified atom stereocenters. The highest BCUT2D eigenvalue weighted by Gasteiger charge is 2.10. The van der Waals surface area contributed by atoms with Crippen LogP contribution in [0.15, 0.2) is 18.2 Å². The number of hydrogen-bond donors (Lipinski definition) is 2. The van der Waals surface area contributed by atoms with Crippen LogP contribution < -0.4 is 10.1 Å². The summed E-state index contributed by atoms with van der Waals surface area (Å²) < 4.78 is 23.6. The lowest BCUT2D eigenvalue weighted by Crippen LogP contribution is -2.30. The Morgan fingerprint density at radius 2 is 2.25 bits per heavy atom. The van der Waals surface area contributed by atoms with Gasteiger partial charge in [0.15, 0.2) is 6.61 Å². The third-order valence-electron chi connectivity index (χ3n) is 2.64. The molecule has 0 spiro atoms. The molecular formula is C14H20FNO4. The fourth-order valence-electron chi connectivity index (χ4n) is 1.58. The number of amides is 1. The van der Waals surface area contributed by atoms with E-state index in [0.717, 1.165) is 12.5 Å². The van der Waals surface area contributed by atoms with Gasteiger partial charge in [0.05, 0.1) is 6.10 Å². The molecule has 112 valence electrons. The summed E-state index contributed by atoms with van der Waals surface area (Å²) in [6.45, 7) is 2.38. The van der Waals surface area contributed by atoms with Crippen LogP contribution in [0.3, 0.4) is 0 Å². The number of nitrogens with one attached hydrogen (secondary N) is 1. The number of halogens is 1. The van der Waals surface area contributed by atoms with Crippen molar-refractivity contribution in [3.63, 3.8) is 0 Å². The van der Waals surface area contributed by atoms with Crippen molar-refractivity contribution < 1.29 is 23.8 Å². The van der Waals surface area contributed by atoms with E-state index in [-0.39, 0.29) is 23.8 Å². The lowest BCUT2D eigenvalue weighted by molar-refractivity contribution is -0.123. The molecule has 5 nitrogen and oxygen atoms in total. The van der Waals surface area contributed by atoms with Gasteiger partial charge in [-0.05, 0) is 25.5 Å². The summed E-state index contributed by atoms with van der Waals surface area (Å²) >= 11 is 0. The van der Waals surface area contributed by atoms with Gasteiger partial charge in [-0.25, -0.2) is 4.39 Å². The molecule has 0 heterocycles. The topological polar surface area (TPSA) is 67.8 Å². The summed E-state index contributed by atoms with van der Waals surface area (Å²) in [6.07, 6.45) is -0.159. The van der Waals surface area contributed by atoms with Gasteiger partial charge in [-0.2, -0.15) is 0 Å². The van der Waals surface area contributed by atoms with Gasteiger partial charge < -0.3 is 19.9 Å². The van der Waals surface area contributed by atoms with Crippen molar-refractivity contribution in [3.05, 3.63) is 29.6 Å². The molecule has 0 bridgehead atoms. The number of aliphatic hydroxyl groups is 1. The van der Waals surface area contributed by atoms with Gasteiger partial charge in [0.25, 0.3) is 5.91 Å². The van der Waals surface area contributed by atoms with Crippen LogP contribution in [0.1, 0.15) is 25.0 Å². The van der Waals surface area contributed by atoms with Gasteiger partial charge in [-0.1, -0.05) is 0 Å². The van der Waals surface area contributed by atoms with Crippen molar-refractivity contribution in [3.8, 4) is 5.75 Å². The second-order valence-electron chi connectivity index (χ2n) is 4.34. The van der Waals surface area contributed by atoms with Crippen molar-refractivity contribution in [2.45, 2.75) is 19.4 Å². The van der Waals surface area contributed by atoms with E-state index in [0.29, 0.717) is 13.2 Å². The highest BCUT2D eigenvalue weighted by Crippen LogP contribution is 2.21. The molecule has 1 amide bonds. The Morgan fingerprint density at radius 1 is 1.50 bits per heavy atom. The zero-order valence-electron chi connectivity index (χ0n) is 11.7. The number of ether oxygens (including phenoxy) is 2. The molecule has 1 aromatic rings. The van der Waals surface area contributed by atoms with Crippen molar-refractivity contribution in [2.24, 2.45) is 0 Å². The van der Waals surface area contributed by atoms with Crippen LogP contribution in [0.2, 0.25) is 0 Å². The van der Waals surface area contributed by atoms with Gasteiger partial charge >= 0.3 is 0 Å². The highest BCUT2D eigenvalue weighted by atomic mass is 19.1. The number of carbonyl (C=O) groups is 1. The maximum Gasteiger partial charge on any atom is 0.257 e. The largest absolute Gasteiger partial charge is 0.484 e. The maximum absolute atomic E-state index is 13.6. The third kappa shape index (κ3) is 5.54. The summed E-state index contributed by atoms with van der Waals surface area (Å²) in [5.74, 6) is -0.585. The molecule has 6 heteroatoms. The first-order valence-corrected chi connectivity index (χ1v) is 6.40. The molecule has 1 atom stereocenters. The summed E-state index contributed by atoms with van der Waals surface area (Å²) in [5.41, 5.74) is 0.196. The average molecular weight is 285 g/mol. The number of aliphatic hydroxyl groups excluding tert-OH is 1. The van der Waals surface area contributed by atoms with Crippen LogP contribution in [0, 0.1) is 5.82 Å². The van der Waals surface area contributed by atoms with Gasteiger partial charge in [0.2, 0.25) is 0 Å². The molecule has 2 N–H and O–H groups in total. The third-order valence-corrected chi connectivity index (χ3v) is 2.64. The van der Waals surface area contributed by atoms with Gasteiger partial charge in [0, 0.05) is 31.9 Å². The summed E-state index contributed by atoms with van der Waals surface area (Å²) in [6, 6.07) is 4.11. The fourth-order valence-corrected chi connectivity index (χ4v) is 1.58. The molecule has 0 saturated carbocycles. The van der Waals surface area contributed by atoms with Crippen LogP contribution >= 0.6 is 0 Å². The number of hydrogen-bond acceptors (Lipinski definition) is 4. The first kappa shape index (κ1) is 16.4. The van der Waals surface area contributed by atoms with E-state index in [1.165, 1.54) is 19.1 Å². The highest BCUT2D eigenvalue weighted by molar-refractivity contribution is 5.77. The smallest absolute Gasteiger partial charge is 0.257 e. The Bertz CT molecular complexity index is 437. The molecule has 0 radical (unpaired) electrons. The Morgan fingerprint density at radius 3 is 2.85 bits per heavy atom. The molecule has 1 aromatic carbocycles. The minimum Gasteiger partial charge on any atom is -0.484 e. The molecule has 20 heavy (non-hydrogen) atoms. The number of methoxy groups -OCH3 is 1. The average Bonchev–Trinajstić information content (AvgIpc) is 2.41. The minimum atomic E-state index is -0.881. The second kappa shape index (κ2) is 8.50. The lowest BCUT2D eigenvalue weighted by Gasteiger charge is -2.10. The van der Waals surface area contributed by atoms with E-state index in [2.05, 4.69) is 5.32 Å².